The molecule has 1 aliphatic rings. The van der Waals surface area contributed by atoms with E-state index in [2.05, 4.69) is 33.4 Å². The molecule has 10 heteroatoms. The lowest BCUT2D eigenvalue weighted by atomic mass is 9.99. The van der Waals surface area contributed by atoms with E-state index in [0.29, 0.717) is 22.5 Å². The Hall–Kier alpha value is -3.76. The van der Waals surface area contributed by atoms with Crippen LogP contribution in [0.15, 0.2) is 58.5 Å². The van der Waals surface area contributed by atoms with Gasteiger partial charge in [-0.15, -0.1) is 16.4 Å². The number of amides is 1. The fraction of sp³-hybridized carbons (Fsp3) is 0.192. The summed E-state index contributed by atoms with van der Waals surface area (Å²) < 4.78 is 8.40. The molecule has 1 aliphatic carbocycles. The number of allylic oxidation sites excluding steroid dienone is 1. The average Bonchev–Trinajstić information content (AvgIpc) is 3.31. The van der Waals surface area contributed by atoms with Crippen LogP contribution in [0.3, 0.4) is 0 Å². The normalized spacial score (nSPS) is 12.8. The maximum atomic E-state index is 13.1. The SMILES string of the molecule is CC(C)O/C(=N\N)NSc1ccc(NC(=O)c2cc(C=N)c(N)c(-c3cc4c(s3)C=CCC4)c2)cc1. The highest BCUT2D eigenvalue weighted by Crippen LogP contribution is 2.39. The van der Waals surface area contributed by atoms with E-state index in [1.165, 1.54) is 28.6 Å². The predicted octanol–water partition coefficient (Wildman–Crippen LogP) is 5.46. The zero-order valence-electron chi connectivity index (χ0n) is 20.0. The number of nitrogens with one attached hydrogen (secondary N) is 3. The van der Waals surface area contributed by atoms with Crippen LogP contribution in [0.25, 0.3) is 16.5 Å². The molecule has 3 aromatic rings. The number of nitrogens with zero attached hydrogens (tertiary/aromatic N) is 1. The quantitative estimate of drug-likeness (QED) is 0.0700. The molecule has 1 aromatic heterocycles. The van der Waals surface area contributed by atoms with Gasteiger partial charge in [0, 0.05) is 48.9 Å². The van der Waals surface area contributed by atoms with Crippen molar-refractivity contribution >= 4 is 58.9 Å². The van der Waals surface area contributed by atoms with Crippen LogP contribution < -0.4 is 21.6 Å². The highest BCUT2D eigenvalue weighted by Gasteiger charge is 2.18. The number of nitrogens with two attached hydrogens (primary N) is 2. The molecular weight excluding hydrogens is 492 g/mol. The van der Waals surface area contributed by atoms with Crippen molar-refractivity contribution in [2.45, 2.75) is 37.7 Å². The molecule has 1 amide bonds. The topological polar surface area (TPSA) is 139 Å². The van der Waals surface area contributed by atoms with E-state index in [1.807, 2.05) is 26.0 Å². The maximum absolute atomic E-state index is 13.1. The van der Waals surface area contributed by atoms with Gasteiger partial charge >= 0.3 is 6.02 Å². The molecule has 4 rings (SSSR count). The molecule has 0 saturated heterocycles. The van der Waals surface area contributed by atoms with Crippen molar-refractivity contribution in [2.24, 2.45) is 10.9 Å². The van der Waals surface area contributed by atoms with Crippen LogP contribution in [0.2, 0.25) is 0 Å². The minimum atomic E-state index is -0.276. The second-order valence-electron chi connectivity index (χ2n) is 8.40. The van der Waals surface area contributed by atoms with Gasteiger partial charge in [-0.05, 0) is 92.7 Å². The Labute approximate surface area is 218 Å². The van der Waals surface area contributed by atoms with Crippen molar-refractivity contribution < 1.29 is 9.53 Å². The van der Waals surface area contributed by atoms with Gasteiger partial charge in [-0.25, -0.2) is 0 Å². The standard InChI is InChI=1S/C26H28N6O2S2/c1-15(2)34-26(31-29)32-36-20-9-7-19(8-10-20)30-25(33)17-11-18(14-27)24(28)21(12-17)23-13-16-5-3-4-6-22(16)35-23/h4,6-15,27H,3,5,28-29H2,1-2H3,(H,30,33)(H,31,32). The largest absolute Gasteiger partial charge is 0.461 e. The summed E-state index contributed by atoms with van der Waals surface area (Å²) >= 11 is 2.95. The number of carbonyl (C=O) groups excluding carboxylic acids is 1. The monoisotopic (exact) mass is 520 g/mol. The Morgan fingerprint density at radius 3 is 2.69 bits per heavy atom. The summed E-state index contributed by atoms with van der Waals surface area (Å²) in [6, 6.07) is 13.1. The van der Waals surface area contributed by atoms with E-state index in [1.54, 1.807) is 35.6 Å². The summed E-state index contributed by atoms with van der Waals surface area (Å²) in [5.41, 5.74) is 10.5. The number of benzene rings is 2. The highest BCUT2D eigenvalue weighted by atomic mass is 32.2. The number of hydrazone groups is 1. The summed E-state index contributed by atoms with van der Waals surface area (Å²) in [6.45, 7) is 3.77. The van der Waals surface area contributed by atoms with Gasteiger partial charge in [0.25, 0.3) is 5.91 Å². The van der Waals surface area contributed by atoms with E-state index < -0.39 is 0 Å². The average molecular weight is 521 g/mol. The second kappa shape index (κ2) is 11.3. The van der Waals surface area contributed by atoms with Crippen LogP contribution in [-0.2, 0) is 11.2 Å². The zero-order valence-corrected chi connectivity index (χ0v) is 21.6. The number of aryl methyl sites for hydroxylation is 1. The molecule has 0 spiro atoms. The van der Waals surface area contributed by atoms with E-state index in [0.717, 1.165) is 28.2 Å². The van der Waals surface area contributed by atoms with Crippen molar-refractivity contribution in [1.29, 1.82) is 5.41 Å². The fourth-order valence-electron chi connectivity index (χ4n) is 3.69. The van der Waals surface area contributed by atoms with E-state index in [9.17, 15) is 4.79 Å². The van der Waals surface area contributed by atoms with Gasteiger partial charge in [-0.1, -0.05) is 6.08 Å². The Balaban J connectivity index is 1.49. The lowest BCUT2D eigenvalue weighted by Crippen LogP contribution is -2.24. The molecule has 1 heterocycles. The Morgan fingerprint density at radius 1 is 1.25 bits per heavy atom. The molecule has 8 nitrogen and oxygen atoms in total. The third-order valence-corrected chi connectivity index (χ3v) is 7.38. The van der Waals surface area contributed by atoms with Crippen LogP contribution in [0.4, 0.5) is 11.4 Å². The first kappa shape index (κ1) is 25.3. The fourth-order valence-corrected chi connectivity index (χ4v) is 5.44. The first-order chi connectivity index (χ1) is 17.4. The molecular formula is C26H28N6O2S2. The number of fused-ring (bicyclic) bond motifs is 1. The van der Waals surface area contributed by atoms with E-state index in [4.69, 9.17) is 21.7 Å². The molecule has 0 aliphatic heterocycles. The maximum Gasteiger partial charge on any atom is 0.316 e. The summed E-state index contributed by atoms with van der Waals surface area (Å²) in [5, 5.41) is 14.3. The molecule has 186 valence electrons. The van der Waals surface area contributed by atoms with Crippen LogP contribution in [0.5, 0.6) is 0 Å². The van der Waals surface area contributed by atoms with Crippen LogP contribution >= 0.6 is 23.3 Å². The molecule has 0 fully saturated rings. The lowest BCUT2D eigenvalue weighted by molar-refractivity contribution is 0.102. The molecule has 0 unspecified atom stereocenters. The molecule has 0 bridgehead atoms. The Kier molecular flexibility index (Phi) is 7.97. The summed E-state index contributed by atoms with van der Waals surface area (Å²) in [6.07, 6.45) is 7.45. The highest BCUT2D eigenvalue weighted by molar-refractivity contribution is 7.98. The Morgan fingerprint density at radius 2 is 2.03 bits per heavy atom. The van der Waals surface area contributed by atoms with Gasteiger partial charge in [0.2, 0.25) is 0 Å². The lowest BCUT2D eigenvalue weighted by Gasteiger charge is -2.13. The van der Waals surface area contributed by atoms with Crippen molar-refractivity contribution in [2.75, 3.05) is 11.1 Å². The molecule has 0 atom stereocenters. The third kappa shape index (κ3) is 5.89. The van der Waals surface area contributed by atoms with Crippen molar-refractivity contribution in [3.05, 3.63) is 70.1 Å². The van der Waals surface area contributed by atoms with E-state index >= 15 is 0 Å². The van der Waals surface area contributed by atoms with Gasteiger partial charge in [-0.3, -0.25) is 9.52 Å². The van der Waals surface area contributed by atoms with Gasteiger partial charge < -0.3 is 27.0 Å². The number of ether oxygens (including phenoxy) is 1. The molecule has 0 radical (unpaired) electrons. The number of rotatable bonds is 7. The third-order valence-electron chi connectivity index (χ3n) is 5.42. The summed E-state index contributed by atoms with van der Waals surface area (Å²) in [5.74, 6) is 5.06. The van der Waals surface area contributed by atoms with Gasteiger partial charge in [-0.2, -0.15) is 0 Å². The number of thiophene rings is 1. The number of amidine groups is 1. The number of carbonyl (C=O) groups is 1. The van der Waals surface area contributed by atoms with Crippen LogP contribution in [0.1, 0.15) is 46.6 Å². The van der Waals surface area contributed by atoms with Crippen molar-refractivity contribution in [1.82, 2.24) is 4.72 Å². The van der Waals surface area contributed by atoms with Gasteiger partial charge in [0.1, 0.15) is 0 Å². The number of hydrogen-bond donors (Lipinski definition) is 5. The second-order valence-corrected chi connectivity index (χ2v) is 10.4. The summed E-state index contributed by atoms with van der Waals surface area (Å²) in [4.78, 5) is 16.2. The smallest absolute Gasteiger partial charge is 0.316 e. The molecule has 36 heavy (non-hydrogen) atoms. The number of nitrogen functional groups attached to an aromatic ring is 1. The van der Waals surface area contributed by atoms with E-state index in [-0.39, 0.29) is 18.0 Å². The Bertz CT molecular complexity index is 1330. The first-order valence-corrected chi connectivity index (χ1v) is 13.0. The molecule has 2 aromatic carbocycles. The predicted molar refractivity (Wildman–Crippen MR) is 151 cm³/mol. The number of hydrogen-bond acceptors (Lipinski definition) is 8. The first-order valence-electron chi connectivity index (χ1n) is 11.4. The van der Waals surface area contributed by atoms with Gasteiger partial charge in [0.05, 0.1) is 6.10 Å². The van der Waals surface area contributed by atoms with Crippen LogP contribution in [-0.4, -0.2) is 24.2 Å². The minimum absolute atomic E-state index is 0.0537. The van der Waals surface area contributed by atoms with Crippen LogP contribution in [0, 0.1) is 5.41 Å². The van der Waals surface area contributed by atoms with Crippen molar-refractivity contribution in [3.63, 3.8) is 0 Å². The zero-order chi connectivity index (χ0) is 25.7. The van der Waals surface area contributed by atoms with Crippen molar-refractivity contribution in [3.8, 4) is 10.4 Å². The molecule has 7 N–H and O–H groups in total. The van der Waals surface area contributed by atoms with Gasteiger partial charge in [0.15, 0.2) is 0 Å². The summed E-state index contributed by atoms with van der Waals surface area (Å²) in [7, 11) is 0. The minimum Gasteiger partial charge on any atom is -0.461 e. The molecule has 0 saturated carbocycles. The number of anilines is 2.